The van der Waals surface area contributed by atoms with E-state index in [-0.39, 0.29) is 0 Å². The number of hydrogen-bond donors (Lipinski definition) is 0. The van der Waals surface area contributed by atoms with Crippen LogP contribution in [0.3, 0.4) is 0 Å². The molecule has 246 valence electrons. The first kappa shape index (κ1) is 29.7. The fraction of sp³-hybridized carbons (Fsp3) is 0. The van der Waals surface area contributed by atoms with Gasteiger partial charge in [-0.3, -0.25) is 0 Å². The Morgan fingerprint density at radius 2 is 0.736 bits per heavy atom. The molecule has 0 bridgehead atoms. The van der Waals surface area contributed by atoms with Gasteiger partial charge in [0.15, 0.2) is 0 Å². The van der Waals surface area contributed by atoms with Crippen molar-refractivity contribution in [2.45, 2.75) is 0 Å². The lowest BCUT2D eigenvalue weighted by Gasteiger charge is -2.20. The summed E-state index contributed by atoms with van der Waals surface area (Å²) in [6.45, 7) is 0. The molecule has 0 atom stereocenters. The van der Waals surface area contributed by atoms with Gasteiger partial charge in [-0.15, -0.1) is 0 Å². The van der Waals surface area contributed by atoms with E-state index < -0.39 is 0 Å². The van der Waals surface area contributed by atoms with E-state index in [9.17, 15) is 0 Å². The lowest BCUT2D eigenvalue weighted by Crippen LogP contribution is -1.92. The predicted molar refractivity (Wildman–Crippen MR) is 225 cm³/mol. The summed E-state index contributed by atoms with van der Waals surface area (Å²) < 4.78 is 6.30. The zero-order chi connectivity index (χ0) is 34.9. The summed E-state index contributed by atoms with van der Waals surface area (Å²) in [6, 6.07) is 70.6. The van der Waals surface area contributed by atoms with Gasteiger partial charge in [0.2, 0.25) is 0 Å². The maximum atomic E-state index is 6.30. The lowest BCUT2D eigenvalue weighted by molar-refractivity contribution is 0.669. The average molecular weight is 673 g/mol. The first-order valence-corrected chi connectivity index (χ1v) is 18.3. The van der Waals surface area contributed by atoms with Crippen molar-refractivity contribution in [1.82, 2.24) is 0 Å². The molecule has 10 aromatic carbocycles. The second-order valence-corrected chi connectivity index (χ2v) is 14.0. The molecule has 11 aromatic rings. The van der Waals surface area contributed by atoms with E-state index in [1.165, 1.54) is 87.6 Å². The Bertz CT molecular complexity index is 3150. The average Bonchev–Trinajstić information content (AvgIpc) is 3.58. The van der Waals surface area contributed by atoms with Crippen LogP contribution >= 0.6 is 0 Å². The third-order valence-corrected chi connectivity index (χ3v) is 11.1. The number of furan rings is 1. The minimum atomic E-state index is 0.913. The topological polar surface area (TPSA) is 13.1 Å². The van der Waals surface area contributed by atoms with E-state index in [0.717, 1.165) is 21.9 Å². The molecular weight excluding hydrogens is 641 g/mol. The van der Waals surface area contributed by atoms with Gasteiger partial charge in [0.1, 0.15) is 11.2 Å². The van der Waals surface area contributed by atoms with Gasteiger partial charge in [0.05, 0.1) is 0 Å². The largest absolute Gasteiger partial charge is 0.456 e. The Hall–Kier alpha value is -6.96. The van der Waals surface area contributed by atoms with E-state index in [2.05, 4.69) is 194 Å². The molecule has 0 unspecified atom stereocenters. The Morgan fingerprint density at radius 3 is 1.42 bits per heavy atom. The van der Waals surface area contributed by atoms with Crippen LogP contribution in [0.4, 0.5) is 0 Å². The molecule has 1 aromatic heterocycles. The van der Waals surface area contributed by atoms with Crippen LogP contribution in [0.25, 0.3) is 110 Å². The normalized spacial score (nSPS) is 11.8. The molecule has 1 nitrogen and oxygen atoms in total. The highest BCUT2D eigenvalue weighted by molar-refractivity contribution is 6.24. The molecule has 1 heterocycles. The molecule has 0 N–H and O–H groups in total. The molecule has 0 fully saturated rings. The molecule has 0 aliphatic carbocycles. The SMILES string of the molecule is c1ccc(-c2ccc(-c3c4ccccc4c(-c4ccc(-c5ccc6oc7cc8ccccc8cc7c6c5)cc4)c4ccccc34)c3ccccc23)cc1. The minimum absolute atomic E-state index is 0.913. The van der Waals surface area contributed by atoms with Crippen LogP contribution in [-0.4, -0.2) is 0 Å². The Labute approximate surface area is 307 Å². The van der Waals surface area contributed by atoms with Crippen LogP contribution in [0.5, 0.6) is 0 Å². The highest BCUT2D eigenvalue weighted by atomic mass is 16.3. The quantitative estimate of drug-likeness (QED) is 0.170. The molecule has 0 saturated carbocycles. The standard InChI is InChI=1S/C52H32O/c1-2-12-34(13-3-1)39-27-28-46(41-17-7-6-16-40(39)41)52-44-20-10-8-18-42(44)51(43-19-9-11-21-45(43)52)35-24-22-33(23-25-35)38-26-29-49-47(31-38)48-30-36-14-4-5-15-37(36)32-50(48)53-49/h1-32H. The first-order valence-electron chi connectivity index (χ1n) is 18.3. The summed E-state index contributed by atoms with van der Waals surface area (Å²) in [5.41, 5.74) is 11.7. The van der Waals surface area contributed by atoms with Crippen molar-refractivity contribution >= 4 is 65.0 Å². The number of hydrogen-bond acceptors (Lipinski definition) is 1. The van der Waals surface area contributed by atoms with Gasteiger partial charge >= 0.3 is 0 Å². The molecular formula is C52H32O. The van der Waals surface area contributed by atoms with E-state index >= 15 is 0 Å². The molecule has 0 aliphatic heterocycles. The van der Waals surface area contributed by atoms with Crippen molar-refractivity contribution < 1.29 is 4.42 Å². The van der Waals surface area contributed by atoms with Gasteiger partial charge in [-0.05, 0) is 112 Å². The van der Waals surface area contributed by atoms with Gasteiger partial charge in [-0.1, -0.05) is 170 Å². The third-order valence-electron chi connectivity index (χ3n) is 11.1. The van der Waals surface area contributed by atoms with Crippen molar-refractivity contribution in [3.63, 3.8) is 0 Å². The summed E-state index contributed by atoms with van der Waals surface area (Å²) in [4.78, 5) is 0. The maximum absolute atomic E-state index is 6.30. The fourth-order valence-corrected chi connectivity index (χ4v) is 8.59. The van der Waals surface area contributed by atoms with Crippen LogP contribution in [0.15, 0.2) is 199 Å². The first-order chi connectivity index (χ1) is 26.3. The van der Waals surface area contributed by atoms with E-state index in [0.29, 0.717) is 0 Å². The monoisotopic (exact) mass is 672 g/mol. The van der Waals surface area contributed by atoms with Gasteiger partial charge in [-0.25, -0.2) is 0 Å². The molecule has 0 amide bonds. The van der Waals surface area contributed by atoms with Crippen LogP contribution in [0.1, 0.15) is 0 Å². The van der Waals surface area contributed by atoms with Crippen LogP contribution in [0, 0.1) is 0 Å². The second-order valence-electron chi connectivity index (χ2n) is 14.0. The predicted octanol–water partition coefficient (Wildman–Crippen LogP) is 14.9. The fourth-order valence-electron chi connectivity index (χ4n) is 8.59. The molecule has 0 saturated heterocycles. The lowest BCUT2D eigenvalue weighted by atomic mass is 9.83. The molecule has 11 rings (SSSR count). The van der Waals surface area contributed by atoms with Crippen molar-refractivity contribution in [2.75, 3.05) is 0 Å². The van der Waals surface area contributed by atoms with E-state index in [4.69, 9.17) is 4.42 Å². The highest BCUT2D eigenvalue weighted by Crippen LogP contribution is 2.46. The molecule has 0 radical (unpaired) electrons. The Kier molecular flexibility index (Phi) is 6.62. The molecule has 1 heteroatoms. The summed E-state index contributed by atoms with van der Waals surface area (Å²) in [5, 5.41) is 12.3. The van der Waals surface area contributed by atoms with Gasteiger partial charge < -0.3 is 4.42 Å². The zero-order valence-corrected chi connectivity index (χ0v) is 28.9. The Morgan fingerprint density at radius 1 is 0.245 bits per heavy atom. The summed E-state index contributed by atoms with van der Waals surface area (Å²) >= 11 is 0. The van der Waals surface area contributed by atoms with Crippen LogP contribution in [-0.2, 0) is 0 Å². The molecule has 0 aliphatic rings. The van der Waals surface area contributed by atoms with Gasteiger partial charge in [0, 0.05) is 10.8 Å². The molecule has 53 heavy (non-hydrogen) atoms. The smallest absolute Gasteiger partial charge is 0.136 e. The second kappa shape index (κ2) is 11.8. The number of fused-ring (bicyclic) bond motifs is 7. The number of benzene rings is 10. The number of rotatable bonds is 4. The molecule has 0 spiro atoms. The van der Waals surface area contributed by atoms with E-state index in [1.807, 2.05) is 0 Å². The van der Waals surface area contributed by atoms with Gasteiger partial charge in [0.25, 0.3) is 0 Å². The van der Waals surface area contributed by atoms with Gasteiger partial charge in [-0.2, -0.15) is 0 Å². The minimum Gasteiger partial charge on any atom is -0.456 e. The zero-order valence-electron chi connectivity index (χ0n) is 28.9. The van der Waals surface area contributed by atoms with Crippen molar-refractivity contribution in [2.24, 2.45) is 0 Å². The maximum Gasteiger partial charge on any atom is 0.136 e. The van der Waals surface area contributed by atoms with E-state index in [1.54, 1.807) is 0 Å². The summed E-state index contributed by atoms with van der Waals surface area (Å²) in [5.74, 6) is 0. The van der Waals surface area contributed by atoms with Crippen molar-refractivity contribution in [3.8, 4) is 44.5 Å². The van der Waals surface area contributed by atoms with Crippen molar-refractivity contribution in [3.05, 3.63) is 194 Å². The summed E-state index contributed by atoms with van der Waals surface area (Å²) in [6.07, 6.45) is 0. The van der Waals surface area contributed by atoms with Crippen LogP contribution in [0.2, 0.25) is 0 Å². The highest BCUT2D eigenvalue weighted by Gasteiger charge is 2.19. The van der Waals surface area contributed by atoms with Crippen LogP contribution < -0.4 is 0 Å². The third kappa shape index (κ3) is 4.71. The Balaban J connectivity index is 1.07. The van der Waals surface area contributed by atoms with Crippen molar-refractivity contribution in [1.29, 1.82) is 0 Å². The summed E-state index contributed by atoms with van der Waals surface area (Å²) in [7, 11) is 0.